The number of carbonyl (C=O) groups excluding carboxylic acids is 2. The number of rotatable bonds is 6. The van der Waals surface area contributed by atoms with E-state index in [4.69, 9.17) is 9.84 Å². The fourth-order valence-electron chi connectivity index (χ4n) is 3.42. The normalized spacial score (nSPS) is 20.2. The standard InChI is InChI=1S/C18H22N2O5/c21-16-5-2-7-19(16)10-13-6-8-20(11-13)18(24)14-3-1-4-15(9-14)25-12-17(22)23/h1,3-4,9,13H,2,5-8,10-12H2,(H,22,23). The minimum atomic E-state index is -1.06. The lowest BCUT2D eigenvalue weighted by Gasteiger charge is -2.21. The van der Waals surface area contributed by atoms with Gasteiger partial charge in [0.25, 0.3) is 5.91 Å². The van der Waals surface area contributed by atoms with Crippen molar-refractivity contribution in [1.82, 2.24) is 9.80 Å². The second-order valence-electron chi connectivity index (χ2n) is 6.56. The highest BCUT2D eigenvalue weighted by Crippen LogP contribution is 2.23. The molecule has 2 aliphatic heterocycles. The van der Waals surface area contributed by atoms with E-state index in [2.05, 4.69) is 0 Å². The van der Waals surface area contributed by atoms with Gasteiger partial charge in [-0.1, -0.05) is 6.07 Å². The van der Waals surface area contributed by atoms with Crippen molar-refractivity contribution in [3.05, 3.63) is 29.8 Å². The number of aliphatic carboxylic acids is 1. The summed E-state index contributed by atoms with van der Waals surface area (Å²) in [6.07, 6.45) is 2.46. The number of likely N-dealkylation sites (tertiary alicyclic amines) is 2. The Hall–Kier alpha value is -2.57. The second kappa shape index (κ2) is 7.55. The van der Waals surface area contributed by atoms with Crippen LogP contribution in [0.4, 0.5) is 0 Å². The molecular weight excluding hydrogens is 324 g/mol. The van der Waals surface area contributed by atoms with E-state index < -0.39 is 12.6 Å². The Kier molecular flexibility index (Phi) is 5.21. The summed E-state index contributed by atoms with van der Waals surface area (Å²) in [4.78, 5) is 38.7. The lowest BCUT2D eigenvalue weighted by Crippen LogP contribution is -2.33. The molecule has 1 atom stereocenters. The van der Waals surface area contributed by atoms with Crippen molar-refractivity contribution in [3.63, 3.8) is 0 Å². The molecule has 2 heterocycles. The molecule has 7 heteroatoms. The van der Waals surface area contributed by atoms with Crippen LogP contribution in [-0.2, 0) is 9.59 Å². The molecule has 2 saturated heterocycles. The van der Waals surface area contributed by atoms with E-state index in [1.54, 1.807) is 29.2 Å². The van der Waals surface area contributed by atoms with Gasteiger partial charge >= 0.3 is 5.97 Å². The Balaban J connectivity index is 1.57. The van der Waals surface area contributed by atoms with Crippen molar-refractivity contribution in [2.24, 2.45) is 5.92 Å². The Morgan fingerprint density at radius 2 is 2.12 bits per heavy atom. The molecule has 0 radical (unpaired) electrons. The molecule has 0 saturated carbocycles. The van der Waals surface area contributed by atoms with Gasteiger partial charge in [-0.2, -0.15) is 0 Å². The van der Waals surface area contributed by atoms with Crippen LogP contribution in [0.1, 0.15) is 29.6 Å². The minimum absolute atomic E-state index is 0.0870. The molecule has 0 aliphatic carbocycles. The molecule has 2 aliphatic rings. The largest absolute Gasteiger partial charge is 0.482 e. The van der Waals surface area contributed by atoms with Gasteiger partial charge in [0, 0.05) is 38.2 Å². The molecule has 1 N–H and O–H groups in total. The van der Waals surface area contributed by atoms with Gasteiger partial charge < -0.3 is 19.6 Å². The average molecular weight is 346 g/mol. The van der Waals surface area contributed by atoms with Crippen LogP contribution in [0.25, 0.3) is 0 Å². The van der Waals surface area contributed by atoms with Crippen LogP contribution in [0.2, 0.25) is 0 Å². The lowest BCUT2D eigenvalue weighted by atomic mass is 10.1. The fourth-order valence-corrected chi connectivity index (χ4v) is 3.42. The first kappa shape index (κ1) is 17.3. The van der Waals surface area contributed by atoms with Gasteiger partial charge in [-0.25, -0.2) is 4.79 Å². The summed E-state index contributed by atoms with van der Waals surface area (Å²) in [6.45, 7) is 2.43. The Bertz CT molecular complexity index is 675. The van der Waals surface area contributed by atoms with Crippen LogP contribution in [0.3, 0.4) is 0 Å². The molecule has 0 spiro atoms. The van der Waals surface area contributed by atoms with Gasteiger partial charge in [-0.05, 0) is 37.0 Å². The first-order valence-electron chi connectivity index (χ1n) is 8.54. The van der Waals surface area contributed by atoms with Gasteiger partial charge in [-0.15, -0.1) is 0 Å². The highest BCUT2D eigenvalue weighted by molar-refractivity contribution is 5.94. The predicted octanol–water partition coefficient (Wildman–Crippen LogP) is 1.23. The van der Waals surface area contributed by atoms with Crippen molar-refractivity contribution in [2.45, 2.75) is 19.3 Å². The number of ether oxygens (including phenoxy) is 1. The van der Waals surface area contributed by atoms with E-state index >= 15 is 0 Å². The quantitative estimate of drug-likeness (QED) is 0.837. The van der Waals surface area contributed by atoms with Gasteiger partial charge in [0.05, 0.1) is 0 Å². The lowest BCUT2D eigenvalue weighted by molar-refractivity contribution is -0.139. The summed E-state index contributed by atoms with van der Waals surface area (Å²) in [5.74, 6) is -0.247. The van der Waals surface area contributed by atoms with Gasteiger partial charge in [0.15, 0.2) is 6.61 Å². The first-order chi connectivity index (χ1) is 12.0. The van der Waals surface area contributed by atoms with Crippen LogP contribution >= 0.6 is 0 Å². The molecule has 134 valence electrons. The molecule has 7 nitrogen and oxygen atoms in total. The summed E-state index contributed by atoms with van der Waals surface area (Å²) in [6, 6.07) is 6.59. The number of carboxylic acid groups (broad SMARTS) is 1. The molecule has 3 rings (SSSR count). The SMILES string of the molecule is O=C(O)COc1cccc(C(=O)N2CCC(CN3CCCC3=O)C2)c1. The molecule has 1 aromatic rings. The maximum atomic E-state index is 12.7. The Morgan fingerprint density at radius 3 is 2.84 bits per heavy atom. The summed E-state index contributed by atoms with van der Waals surface area (Å²) in [5, 5.41) is 8.66. The molecule has 1 unspecified atom stereocenters. The Labute approximate surface area is 146 Å². The van der Waals surface area contributed by atoms with E-state index in [1.807, 2.05) is 4.90 Å². The van der Waals surface area contributed by atoms with E-state index in [-0.39, 0.29) is 11.8 Å². The number of benzene rings is 1. The van der Waals surface area contributed by atoms with Gasteiger partial charge in [-0.3, -0.25) is 9.59 Å². The Morgan fingerprint density at radius 1 is 1.28 bits per heavy atom. The zero-order valence-corrected chi connectivity index (χ0v) is 14.0. The topological polar surface area (TPSA) is 87.2 Å². The van der Waals surface area contributed by atoms with Crippen LogP contribution in [-0.4, -0.2) is 65.5 Å². The van der Waals surface area contributed by atoms with Crippen molar-refractivity contribution in [3.8, 4) is 5.75 Å². The highest BCUT2D eigenvalue weighted by Gasteiger charge is 2.30. The monoisotopic (exact) mass is 346 g/mol. The summed E-state index contributed by atoms with van der Waals surface area (Å²) in [7, 11) is 0. The number of carbonyl (C=O) groups is 3. The zero-order chi connectivity index (χ0) is 17.8. The fraction of sp³-hybridized carbons (Fsp3) is 0.500. The third kappa shape index (κ3) is 4.29. The van der Waals surface area contributed by atoms with E-state index in [0.29, 0.717) is 36.7 Å². The molecule has 25 heavy (non-hydrogen) atoms. The number of carboxylic acids is 1. The third-order valence-corrected chi connectivity index (χ3v) is 4.67. The molecular formula is C18H22N2O5. The number of hydrogen-bond donors (Lipinski definition) is 1. The highest BCUT2D eigenvalue weighted by atomic mass is 16.5. The second-order valence-corrected chi connectivity index (χ2v) is 6.56. The molecule has 1 aromatic carbocycles. The number of amides is 2. The predicted molar refractivity (Wildman–Crippen MR) is 89.4 cm³/mol. The smallest absolute Gasteiger partial charge is 0.341 e. The molecule has 2 amide bonds. The maximum absolute atomic E-state index is 12.7. The van der Waals surface area contributed by atoms with Crippen LogP contribution in [0.15, 0.2) is 24.3 Å². The van der Waals surface area contributed by atoms with Crippen molar-refractivity contribution >= 4 is 17.8 Å². The van der Waals surface area contributed by atoms with E-state index in [9.17, 15) is 14.4 Å². The van der Waals surface area contributed by atoms with Crippen molar-refractivity contribution in [1.29, 1.82) is 0 Å². The number of hydrogen-bond acceptors (Lipinski definition) is 4. The zero-order valence-electron chi connectivity index (χ0n) is 14.0. The van der Waals surface area contributed by atoms with E-state index in [0.717, 1.165) is 25.9 Å². The summed E-state index contributed by atoms with van der Waals surface area (Å²) < 4.78 is 5.13. The third-order valence-electron chi connectivity index (χ3n) is 4.67. The van der Waals surface area contributed by atoms with Crippen molar-refractivity contribution < 1.29 is 24.2 Å². The van der Waals surface area contributed by atoms with Crippen LogP contribution in [0.5, 0.6) is 5.75 Å². The van der Waals surface area contributed by atoms with E-state index in [1.165, 1.54) is 0 Å². The average Bonchev–Trinajstić information content (AvgIpc) is 3.23. The van der Waals surface area contributed by atoms with Gasteiger partial charge in [0.2, 0.25) is 5.91 Å². The molecule has 0 aromatic heterocycles. The summed E-state index contributed by atoms with van der Waals surface area (Å²) in [5.41, 5.74) is 0.487. The molecule has 2 fully saturated rings. The summed E-state index contributed by atoms with van der Waals surface area (Å²) >= 11 is 0. The maximum Gasteiger partial charge on any atom is 0.341 e. The van der Waals surface area contributed by atoms with Crippen molar-refractivity contribution in [2.75, 3.05) is 32.8 Å². The van der Waals surface area contributed by atoms with Crippen LogP contribution < -0.4 is 4.74 Å². The van der Waals surface area contributed by atoms with Gasteiger partial charge in [0.1, 0.15) is 5.75 Å². The number of nitrogens with zero attached hydrogens (tertiary/aromatic N) is 2. The molecule has 0 bridgehead atoms. The minimum Gasteiger partial charge on any atom is -0.482 e. The van der Waals surface area contributed by atoms with Crippen LogP contribution in [0, 0.1) is 5.92 Å². The first-order valence-corrected chi connectivity index (χ1v) is 8.54.